The van der Waals surface area contributed by atoms with Crippen LogP contribution in [0.5, 0.6) is 0 Å². The summed E-state index contributed by atoms with van der Waals surface area (Å²) < 4.78 is 5.93. The van der Waals surface area contributed by atoms with Crippen LogP contribution in [-0.4, -0.2) is 75.0 Å². The fourth-order valence-corrected chi connectivity index (χ4v) is 9.43. The van der Waals surface area contributed by atoms with Crippen LogP contribution in [0, 0.1) is 34.5 Å². The van der Waals surface area contributed by atoms with Crippen LogP contribution < -0.4 is 0 Å². The van der Waals surface area contributed by atoms with E-state index in [9.17, 15) is 24.9 Å². The average molecular weight is 516 g/mol. The van der Waals surface area contributed by atoms with Gasteiger partial charge in [-0.05, 0) is 100 Å². The molecule has 0 spiro atoms. The van der Waals surface area contributed by atoms with Crippen LogP contribution in [0.15, 0.2) is 11.6 Å². The highest BCUT2D eigenvalue weighted by molar-refractivity contribution is 5.95. The van der Waals surface area contributed by atoms with Crippen molar-refractivity contribution in [2.24, 2.45) is 34.5 Å². The molecular formula is C30H45NO6. The largest absolute Gasteiger partial charge is 0.390 e. The van der Waals surface area contributed by atoms with Crippen LogP contribution in [-0.2, 0) is 14.3 Å². The van der Waals surface area contributed by atoms with E-state index in [2.05, 4.69) is 25.7 Å². The highest BCUT2D eigenvalue weighted by Crippen LogP contribution is 2.67. The van der Waals surface area contributed by atoms with Gasteiger partial charge in [-0.15, -0.1) is 0 Å². The Hall–Kier alpha value is -1.28. The lowest BCUT2D eigenvalue weighted by molar-refractivity contribution is -0.155. The Morgan fingerprint density at radius 3 is 2.54 bits per heavy atom. The van der Waals surface area contributed by atoms with E-state index in [0.717, 1.165) is 57.1 Å². The molecule has 37 heavy (non-hydrogen) atoms. The molecule has 6 aliphatic rings. The normalized spacial score (nSPS) is 48.1. The van der Waals surface area contributed by atoms with E-state index in [-0.39, 0.29) is 53.9 Å². The van der Waals surface area contributed by atoms with Crippen LogP contribution in [0.3, 0.4) is 0 Å². The molecule has 1 heterocycles. The Bertz CT molecular complexity index is 987. The lowest BCUT2D eigenvalue weighted by Gasteiger charge is -2.60. The summed E-state index contributed by atoms with van der Waals surface area (Å²) in [5.41, 5.74) is -1.15. The van der Waals surface area contributed by atoms with Gasteiger partial charge in [-0.1, -0.05) is 13.8 Å². The van der Waals surface area contributed by atoms with Crippen molar-refractivity contribution in [3.63, 3.8) is 0 Å². The molecule has 0 aromatic carbocycles. The highest BCUT2D eigenvalue weighted by atomic mass is 16.5. The number of aliphatic hydroxyl groups excluding tert-OH is 2. The fraction of sp³-hybridized carbons (Fsp3) is 0.867. The summed E-state index contributed by atoms with van der Waals surface area (Å²) in [5, 5.41) is 33.4. The van der Waals surface area contributed by atoms with Crippen LogP contribution >= 0.6 is 0 Å². The zero-order valence-corrected chi connectivity index (χ0v) is 22.7. The van der Waals surface area contributed by atoms with Gasteiger partial charge in [0.2, 0.25) is 5.91 Å². The summed E-state index contributed by atoms with van der Waals surface area (Å²) in [7, 11) is 0. The summed E-state index contributed by atoms with van der Waals surface area (Å²) in [6, 6.07) is -0.0113. The molecule has 5 fully saturated rings. The van der Waals surface area contributed by atoms with E-state index < -0.39 is 28.6 Å². The summed E-state index contributed by atoms with van der Waals surface area (Å²) in [6.45, 7) is 7.83. The maximum atomic E-state index is 13.5. The minimum atomic E-state index is -1.10. The van der Waals surface area contributed by atoms with Gasteiger partial charge in [0.15, 0.2) is 5.78 Å². The number of ether oxygens (including phenoxy) is 1. The number of carbonyl (C=O) groups excluding carboxylic acids is 2. The van der Waals surface area contributed by atoms with Crippen molar-refractivity contribution < 1.29 is 29.6 Å². The minimum Gasteiger partial charge on any atom is -0.390 e. The second-order valence-electron chi connectivity index (χ2n) is 13.8. The predicted molar refractivity (Wildman–Crippen MR) is 137 cm³/mol. The molecule has 3 N–H and O–H groups in total. The van der Waals surface area contributed by atoms with Crippen LogP contribution in [0.2, 0.25) is 0 Å². The zero-order chi connectivity index (χ0) is 26.3. The van der Waals surface area contributed by atoms with Gasteiger partial charge in [0.1, 0.15) is 0 Å². The molecule has 0 aromatic rings. The first-order chi connectivity index (χ1) is 17.5. The topological polar surface area (TPSA) is 107 Å². The molecule has 1 saturated heterocycles. The summed E-state index contributed by atoms with van der Waals surface area (Å²) in [5.74, 6) is 0.187. The van der Waals surface area contributed by atoms with Gasteiger partial charge < -0.3 is 25.0 Å². The van der Waals surface area contributed by atoms with Crippen molar-refractivity contribution in [2.45, 2.75) is 115 Å². The van der Waals surface area contributed by atoms with Crippen molar-refractivity contribution in [2.75, 3.05) is 13.2 Å². The van der Waals surface area contributed by atoms with Gasteiger partial charge in [-0.2, -0.15) is 0 Å². The summed E-state index contributed by atoms with van der Waals surface area (Å²) >= 11 is 0. The quantitative estimate of drug-likeness (QED) is 0.520. The second-order valence-corrected chi connectivity index (χ2v) is 13.8. The Balaban J connectivity index is 1.31. The number of rotatable bonds is 5. The summed E-state index contributed by atoms with van der Waals surface area (Å²) in [4.78, 5) is 29.0. The smallest absolute Gasteiger partial charge is 0.226 e. The molecule has 206 valence electrons. The third kappa shape index (κ3) is 3.81. The zero-order valence-electron chi connectivity index (χ0n) is 22.7. The van der Waals surface area contributed by atoms with Gasteiger partial charge in [0, 0.05) is 36.4 Å². The molecule has 7 heteroatoms. The number of hydrogen-bond donors (Lipinski definition) is 3. The van der Waals surface area contributed by atoms with Gasteiger partial charge >= 0.3 is 0 Å². The second kappa shape index (κ2) is 8.87. The maximum Gasteiger partial charge on any atom is 0.226 e. The van der Waals surface area contributed by atoms with E-state index >= 15 is 0 Å². The Kier molecular flexibility index (Phi) is 6.22. The van der Waals surface area contributed by atoms with Gasteiger partial charge in [0.05, 0.1) is 23.9 Å². The van der Waals surface area contributed by atoms with Crippen molar-refractivity contribution in [3.05, 3.63) is 11.6 Å². The molecule has 10 atom stereocenters. The minimum absolute atomic E-state index is 0.0113. The first-order valence-electron chi connectivity index (χ1n) is 14.8. The van der Waals surface area contributed by atoms with Crippen molar-refractivity contribution in [1.29, 1.82) is 0 Å². The molecule has 5 aliphatic carbocycles. The predicted octanol–water partition coefficient (Wildman–Crippen LogP) is 3.00. The monoisotopic (exact) mass is 515 g/mol. The average Bonchev–Trinajstić information content (AvgIpc) is 3.49. The standard InChI is InChI=1S/C30H45NO6/c1-17(31(27(35)18-6-7-18)16-19-5-4-12-37-19)20-9-11-30(36)22-13-24(32)23-14-25(33)26(34)15-28(23,2)21(22)8-10-29(20,30)3/h13,17-21,23,25-26,33-34,36H,4-12,14-16H2,1-3H3/t17?,19?,20?,21?,23-,25+,26-,28+,29+,30+/m0/s1. The molecular weight excluding hydrogens is 470 g/mol. The number of allylic oxidation sites excluding steroid dienone is 1. The van der Waals surface area contributed by atoms with Crippen LogP contribution in [0.4, 0.5) is 0 Å². The number of amides is 1. The number of aliphatic hydroxyl groups is 3. The maximum absolute atomic E-state index is 13.5. The lowest BCUT2D eigenvalue weighted by Crippen LogP contribution is -2.62. The number of ketones is 1. The fourth-order valence-electron chi connectivity index (χ4n) is 9.43. The Labute approximate surface area is 220 Å². The van der Waals surface area contributed by atoms with E-state index in [4.69, 9.17) is 4.74 Å². The van der Waals surface area contributed by atoms with Crippen molar-refractivity contribution in [1.82, 2.24) is 4.90 Å². The molecule has 0 aromatic heterocycles. The number of fused-ring (bicyclic) bond motifs is 5. The number of carbonyl (C=O) groups is 2. The molecule has 4 saturated carbocycles. The van der Waals surface area contributed by atoms with E-state index in [1.54, 1.807) is 6.08 Å². The SMILES string of the molecule is CC(C1CC[C@@]2(O)C3=CC(=O)[C@@H]4C[C@@H](O)[C@@H](O)C[C@]4(C)C3CC[C@]12C)N(CC1CCCO1)C(=O)C1CC1. The molecule has 6 rings (SSSR count). The van der Waals surface area contributed by atoms with Gasteiger partial charge in [-0.25, -0.2) is 0 Å². The first kappa shape index (κ1) is 26.0. The third-order valence-electron chi connectivity index (χ3n) is 11.9. The van der Waals surface area contributed by atoms with Crippen molar-refractivity contribution >= 4 is 11.7 Å². The van der Waals surface area contributed by atoms with Crippen LogP contribution in [0.25, 0.3) is 0 Å². The third-order valence-corrected chi connectivity index (χ3v) is 11.9. The molecule has 0 radical (unpaired) electrons. The van der Waals surface area contributed by atoms with Crippen LogP contribution in [0.1, 0.15) is 85.0 Å². The van der Waals surface area contributed by atoms with E-state index in [0.29, 0.717) is 19.4 Å². The van der Waals surface area contributed by atoms with Crippen molar-refractivity contribution in [3.8, 4) is 0 Å². The first-order valence-corrected chi connectivity index (χ1v) is 14.8. The lowest BCUT2D eigenvalue weighted by atomic mass is 9.46. The number of hydrogen-bond acceptors (Lipinski definition) is 6. The van der Waals surface area contributed by atoms with E-state index in [1.807, 2.05) is 0 Å². The molecule has 1 aliphatic heterocycles. The van der Waals surface area contributed by atoms with Gasteiger partial charge in [0.25, 0.3) is 0 Å². The highest BCUT2D eigenvalue weighted by Gasteiger charge is 2.67. The molecule has 1 amide bonds. The Morgan fingerprint density at radius 2 is 1.86 bits per heavy atom. The molecule has 4 unspecified atom stereocenters. The summed E-state index contributed by atoms with van der Waals surface area (Å²) in [6.07, 6.45) is 7.80. The molecule has 0 bridgehead atoms. The molecule has 7 nitrogen and oxygen atoms in total. The van der Waals surface area contributed by atoms with Gasteiger partial charge in [-0.3, -0.25) is 9.59 Å². The Morgan fingerprint density at radius 1 is 1.11 bits per heavy atom. The number of nitrogens with zero attached hydrogens (tertiary/aromatic N) is 1. The van der Waals surface area contributed by atoms with E-state index in [1.165, 1.54) is 0 Å².